The Morgan fingerprint density at radius 1 is 1.15 bits per heavy atom. The van der Waals surface area contributed by atoms with Gasteiger partial charge in [0.2, 0.25) is 5.91 Å². The number of carbonyl (C=O) groups excluding carboxylic acids is 1. The molecule has 1 saturated heterocycles. The topological polar surface area (TPSA) is 32.3 Å². The predicted octanol–water partition coefficient (Wildman–Crippen LogP) is 4.19. The van der Waals surface area contributed by atoms with Crippen molar-refractivity contribution in [3.05, 3.63) is 48.0 Å². The van der Waals surface area contributed by atoms with E-state index >= 15 is 0 Å². The number of allylic oxidation sites excluding steroid dienone is 2. The van der Waals surface area contributed by atoms with Gasteiger partial charge in [0.05, 0.1) is 0 Å². The molecular weight excluding hydrogens is 332 g/mol. The maximum Gasteiger partial charge on any atom is 0.223 e. The summed E-state index contributed by atoms with van der Waals surface area (Å²) in [6, 6.07) is 10.5. The number of hydrogen-bond acceptors (Lipinski definition) is 2. The predicted molar refractivity (Wildman–Crippen MR) is 110 cm³/mol. The number of hydrogen-bond donors (Lipinski definition) is 1. The van der Waals surface area contributed by atoms with Gasteiger partial charge in [-0.05, 0) is 81.4 Å². The Balaban J connectivity index is 1.14. The van der Waals surface area contributed by atoms with Crippen molar-refractivity contribution in [2.75, 3.05) is 26.2 Å². The van der Waals surface area contributed by atoms with E-state index < -0.39 is 0 Å². The number of likely N-dealkylation sites (tertiary alicyclic amines) is 1. The average Bonchev–Trinajstić information content (AvgIpc) is 3.42. The van der Waals surface area contributed by atoms with E-state index in [2.05, 4.69) is 52.7 Å². The fraction of sp³-hybridized carbons (Fsp3) is 0.625. The highest BCUT2D eigenvalue weighted by molar-refractivity contribution is 5.82. The Bertz CT molecular complexity index is 646. The molecular formula is C24H34N2O. The van der Waals surface area contributed by atoms with Crippen molar-refractivity contribution in [1.29, 1.82) is 0 Å². The number of nitrogens with one attached hydrogen (secondary N) is 1. The minimum Gasteiger partial charge on any atom is -0.356 e. The van der Waals surface area contributed by atoms with Gasteiger partial charge in [-0.1, -0.05) is 42.5 Å². The van der Waals surface area contributed by atoms with Crippen LogP contribution < -0.4 is 5.32 Å². The Morgan fingerprint density at radius 3 is 2.70 bits per heavy atom. The Morgan fingerprint density at radius 2 is 1.96 bits per heavy atom. The molecule has 1 amide bonds. The Labute approximate surface area is 164 Å². The van der Waals surface area contributed by atoms with Gasteiger partial charge >= 0.3 is 0 Å². The van der Waals surface area contributed by atoms with Gasteiger partial charge in [-0.15, -0.1) is 0 Å². The van der Waals surface area contributed by atoms with Crippen LogP contribution >= 0.6 is 0 Å². The molecule has 4 rings (SSSR count). The lowest BCUT2D eigenvalue weighted by atomic mass is 9.88. The van der Waals surface area contributed by atoms with Crippen molar-refractivity contribution in [3.8, 4) is 0 Å². The first kappa shape index (κ1) is 18.7. The average molecular weight is 367 g/mol. The van der Waals surface area contributed by atoms with Crippen molar-refractivity contribution in [2.24, 2.45) is 17.3 Å². The molecule has 2 fully saturated rings. The normalized spacial score (nSPS) is 26.8. The van der Waals surface area contributed by atoms with Crippen molar-refractivity contribution >= 4 is 5.91 Å². The van der Waals surface area contributed by atoms with E-state index in [0.717, 1.165) is 31.7 Å². The molecule has 0 bridgehead atoms. The number of aryl methyl sites for hydroxylation is 1. The summed E-state index contributed by atoms with van der Waals surface area (Å²) < 4.78 is 0. The van der Waals surface area contributed by atoms with E-state index in [4.69, 9.17) is 0 Å². The molecule has 3 nitrogen and oxygen atoms in total. The maximum atomic E-state index is 12.6. The molecule has 3 aliphatic rings. The quantitative estimate of drug-likeness (QED) is 0.579. The van der Waals surface area contributed by atoms with E-state index in [0.29, 0.717) is 11.3 Å². The lowest BCUT2D eigenvalue weighted by Crippen LogP contribution is -2.39. The Hall–Kier alpha value is -1.61. The standard InChI is InChI=1S/C24H34N2O/c27-23(25-15-7-12-20-8-3-1-4-9-20)22-18-24(22)13-16-26(17-14-24)19-21-10-5-2-6-11-21/h1-5,8-9,21-22H,6-7,10-19H2,(H,25,27)/t21-,22+/m1/s1. The van der Waals surface area contributed by atoms with Crippen LogP contribution in [0.15, 0.2) is 42.5 Å². The number of carbonyl (C=O) groups is 1. The van der Waals surface area contributed by atoms with Crippen LogP contribution in [-0.4, -0.2) is 37.0 Å². The summed E-state index contributed by atoms with van der Waals surface area (Å²) in [4.78, 5) is 15.2. The van der Waals surface area contributed by atoms with Crippen LogP contribution in [0.3, 0.4) is 0 Å². The van der Waals surface area contributed by atoms with Crippen LogP contribution in [-0.2, 0) is 11.2 Å². The second-order valence-corrected chi connectivity index (χ2v) is 8.95. The van der Waals surface area contributed by atoms with E-state index in [9.17, 15) is 4.79 Å². The molecule has 1 heterocycles. The number of benzene rings is 1. The molecule has 0 radical (unpaired) electrons. The number of amides is 1. The van der Waals surface area contributed by atoms with Gasteiger partial charge in [0, 0.05) is 19.0 Å². The highest BCUT2D eigenvalue weighted by Crippen LogP contribution is 2.59. The second kappa shape index (κ2) is 8.60. The molecule has 146 valence electrons. The third-order valence-electron chi connectivity index (χ3n) is 7.04. The minimum atomic E-state index is 0.286. The van der Waals surface area contributed by atoms with Crippen LogP contribution in [0.1, 0.15) is 50.5 Å². The highest BCUT2D eigenvalue weighted by atomic mass is 16.2. The van der Waals surface area contributed by atoms with Gasteiger partial charge in [-0.3, -0.25) is 4.79 Å². The van der Waals surface area contributed by atoms with Crippen LogP contribution in [0.4, 0.5) is 0 Å². The number of piperidine rings is 1. The van der Waals surface area contributed by atoms with Crippen molar-refractivity contribution in [3.63, 3.8) is 0 Å². The third-order valence-corrected chi connectivity index (χ3v) is 7.04. The van der Waals surface area contributed by atoms with Gasteiger partial charge in [-0.25, -0.2) is 0 Å². The largest absolute Gasteiger partial charge is 0.356 e. The van der Waals surface area contributed by atoms with E-state index in [1.807, 2.05) is 0 Å². The molecule has 1 aromatic rings. The second-order valence-electron chi connectivity index (χ2n) is 8.95. The fourth-order valence-electron chi connectivity index (χ4n) is 5.11. The first-order valence-electron chi connectivity index (χ1n) is 10.9. The summed E-state index contributed by atoms with van der Waals surface area (Å²) >= 11 is 0. The molecule has 3 heteroatoms. The molecule has 0 aromatic heterocycles. The van der Waals surface area contributed by atoms with Crippen LogP contribution in [0.2, 0.25) is 0 Å². The minimum absolute atomic E-state index is 0.286. The van der Waals surface area contributed by atoms with Gasteiger partial charge in [-0.2, -0.15) is 0 Å². The van der Waals surface area contributed by atoms with E-state index in [1.54, 1.807) is 0 Å². The molecule has 2 atom stereocenters. The zero-order valence-electron chi connectivity index (χ0n) is 16.5. The molecule has 2 aliphatic carbocycles. The highest BCUT2D eigenvalue weighted by Gasteiger charge is 2.58. The first-order chi connectivity index (χ1) is 13.3. The molecule has 1 spiro atoms. The van der Waals surface area contributed by atoms with Gasteiger partial charge in [0.1, 0.15) is 0 Å². The maximum absolute atomic E-state index is 12.6. The molecule has 1 aliphatic heterocycles. The third kappa shape index (κ3) is 4.82. The summed E-state index contributed by atoms with van der Waals surface area (Å²) in [5.74, 6) is 1.45. The fourth-order valence-corrected chi connectivity index (χ4v) is 5.11. The van der Waals surface area contributed by atoms with Crippen molar-refractivity contribution < 1.29 is 4.79 Å². The summed E-state index contributed by atoms with van der Waals surface area (Å²) in [6.07, 6.45) is 14.2. The lowest BCUT2D eigenvalue weighted by molar-refractivity contribution is -0.123. The zero-order valence-corrected chi connectivity index (χ0v) is 16.5. The smallest absolute Gasteiger partial charge is 0.223 e. The monoisotopic (exact) mass is 366 g/mol. The molecule has 1 saturated carbocycles. The van der Waals surface area contributed by atoms with Crippen LogP contribution in [0.5, 0.6) is 0 Å². The van der Waals surface area contributed by atoms with E-state index in [-0.39, 0.29) is 5.92 Å². The summed E-state index contributed by atoms with van der Waals surface area (Å²) in [5, 5.41) is 3.20. The lowest BCUT2D eigenvalue weighted by Gasteiger charge is -2.35. The molecule has 1 N–H and O–H groups in total. The summed E-state index contributed by atoms with van der Waals surface area (Å²) in [5.41, 5.74) is 1.70. The number of nitrogens with zero attached hydrogens (tertiary/aromatic N) is 1. The molecule has 1 aromatic carbocycles. The van der Waals surface area contributed by atoms with Gasteiger partial charge < -0.3 is 10.2 Å². The van der Waals surface area contributed by atoms with Crippen LogP contribution in [0, 0.1) is 17.3 Å². The van der Waals surface area contributed by atoms with Crippen LogP contribution in [0.25, 0.3) is 0 Å². The number of rotatable bonds is 7. The summed E-state index contributed by atoms with van der Waals surface area (Å²) in [7, 11) is 0. The van der Waals surface area contributed by atoms with Crippen molar-refractivity contribution in [2.45, 2.75) is 51.4 Å². The first-order valence-corrected chi connectivity index (χ1v) is 10.9. The SMILES string of the molecule is O=C(NCCCc1ccccc1)[C@@H]1CC12CCN(C[C@@H]1CC=CCC1)CC2. The van der Waals surface area contributed by atoms with E-state index in [1.165, 1.54) is 57.3 Å². The zero-order chi connectivity index (χ0) is 18.5. The summed E-state index contributed by atoms with van der Waals surface area (Å²) in [6.45, 7) is 4.45. The molecule has 27 heavy (non-hydrogen) atoms. The van der Waals surface area contributed by atoms with Gasteiger partial charge in [0.15, 0.2) is 0 Å². The Kier molecular flexibility index (Phi) is 5.97. The van der Waals surface area contributed by atoms with Gasteiger partial charge in [0.25, 0.3) is 0 Å². The van der Waals surface area contributed by atoms with Crippen molar-refractivity contribution in [1.82, 2.24) is 10.2 Å². The molecule has 0 unspecified atom stereocenters.